The van der Waals surface area contributed by atoms with E-state index in [1.165, 1.54) is 18.4 Å². The Hall–Kier alpha value is -2.10. The Kier molecular flexibility index (Phi) is 4.04. The van der Waals surface area contributed by atoms with Gasteiger partial charge in [0.15, 0.2) is 0 Å². The Morgan fingerprint density at radius 3 is 2.86 bits per heavy atom. The lowest BCUT2D eigenvalue weighted by molar-refractivity contribution is 0.0696. The highest BCUT2D eigenvalue weighted by atomic mass is 16.2. The molecule has 1 aliphatic carbocycles. The molecule has 1 aromatic heterocycles. The van der Waals surface area contributed by atoms with Gasteiger partial charge in [-0.1, -0.05) is 36.8 Å². The summed E-state index contributed by atoms with van der Waals surface area (Å²) >= 11 is 0. The van der Waals surface area contributed by atoms with Gasteiger partial charge in [0.25, 0.3) is 5.91 Å². The van der Waals surface area contributed by atoms with Gasteiger partial charge in [-0.15, -0.1) is 0 Å². The standard InChI is InChI=1S/C17H21N3O/c1-20(17(21)15-11-18-19-12-15)16-9-5-8-14(16)10-13-6-3-2-4-7-13/h2-4,6-7,11-12,14,16H,5,8-10H2,1H3,(H,18,19)/t14-,16-/m0/s1. The van der Waals surface area contributed by atoms with Gasteiger partial charge in [-0.25, -0.2) is 0 Å². The Bertz CT molecular complexity index is 579. The van der Waals surface area contributed by atoms with E-state index in [1.54, 1.807) is 12.4 Å². The Morgan fingerprint density at radius 2 is 2.14 bits per heavy atom. The summed E-state index contributed by atoms with van der Waals surface area (Å²) in [4.78, 5) is 14.4. The van der Waals surface area contributed by atoms with Crippen LogP contribution in [0.5, 0.6) is 0 Å². The van der Waals surface area contributed by atoms with Crippen molar-refractivity contribution in [3.63, 3.8) is 0 Å². The number of carbonyl (C=O) groups is 1. The van der Waals surface area contributed by atoms with E-state index in [-0.39, 0.29) is 5.91 Å². The first-order valence-corrected chi connectivity index (χ1v) is 7.55. The number of hydrogen-bond donors (Lipinski definition) is 1. The van der Waals surface area contributed by atoms with Crippen LogP contribution in [0.4, 0.5) is 0 Å². The van der Waals surface area contributed by atoms with Crippen molar-refractivity contribution in [1.82, 2.24) is 15.1 Å². The summed E-state index contributed by atoms with van der Waals surface area (Å²) < 4.78 is 0. The zero-order valence-corrected chi connectivity index (χ0v) is 12.3. The molecule has 0 radical (unpaired) electrons. The average molecular weight is 283 g/mol. The van der Waals surface area contributed by atoms with E-state index in [0.717, 1.165) is 12.8 Å². The molecular weight excluding hydrogens is 262 g/mol. The Labute approximate surface area is 125 Å². The number of nitrogens with one attached hydrogen (secondary N) is 1. The minimum atomic E-state index is 0.0636. The Morgan fingerprint density at radius 1 is 1.33 bits per heavy atom. The predicted octanol–water partition coefficient (Wildman–Crippen LogP) is 2.89. The molecule has 1 heterocycles. The zero-order valence-electron chi connectivity index (χ0n) is 12.3. The second-order valence-corrected chi connectivity index (χ2v) is 5.85. The van der Waals surface area contributed by atoms with Crippen molar-refractivity contribution in [2.45, 2.75) is 31.7 Å². The second kappa shape index (κ2) is 6.12. The third-order valence-corrected chi connectivity index (χ3v) is 4.52. The quantitative estimate of drug-likeness (QED) is 0.938. The van der Waals surface area contributed by atoms with Crippen molar-refractivity contribution >= 4 is 5.91 Å². The topological polar surface area (TPSA) is 49.0 Å². The fraction of sp³-hybridized carbons (Fsp3) is 0.412. The first-order valence-electron chi connectivity index (χ1n) is 7.55. The number of hydrogen-bond acceptors (Lipinski definition) is 2. The van der Waals surface area contributed by atoms with Crippen LogP contribution in [0.2, 0.25) is 0 Å². The molecule has 4 nitrogen and oxygen atoms in total. The highest BCUT2D eigenvalue weighted by Crippen LogP contribution is 2.32. The summed E-state index contributed by atoms with van der Waals surface area (Å²) in [6, 6.07) is 10.9. The van der Waals surface area contributed by atoms with Gasteiger partial charge in [0.05, 0.1) is 11.8 Å². The summed E-state index contributed by atoms with van der Waals surface area (Å²) in [5.41, 5.74) is 2.00. The van der Waals surface area contributed by atoms with Crippen molar-refractivity contribution in [3.8, 4) is 0 Å². The smallest absolute Gasteiger partial charge is 0.257 e. The number of benzene rings is 1. The number of H-pyrrole nitrogens is 1. The molecule has 1 fully saturated rings. The second-order valence-electron chi connectivity index (χ2n) is 5.85. The molecule has 0 spiro atoms. The van der Waals surface area contributed by atoms with Crippen molar-refractivity contribution in [3.05, 3.63) is 53.9 Å². The van der Waals surface area contributed by atoms with Crippen LogP contribution in [-0.4, -0.2) is 34.1 Å². The molecule has 1 amide bonds. The first-order chi connectivity index (χ1) is 10.3. The van der Waals surface area contributed by atoms with Crippen LogP contribution in [0.15, 0.2) is 42.7 Å². The van der Waals surface area contributed by atoms with Gasteiger partial charge in [-0.2, -0.15) is 5.10 Å². The monoisotopic (exact) mass is 283 g/mol. The molecule has 1 aliphatic rings. The Balaban J connectivity index is 1.70. The van der Waals surface area contributed by atoms with Crippen LogP contribution in [0.1, 0.15) is 35.2 Å². The summed E-state index contributed by atoms with van der Waals surface area (Å²) in [6.07, 6.45) is 7.81. The number of nitrogens with zero attached hydrogens (tertiary/aromatic N) is 2. The number of aromatic nitrogens is 2. The van der Waals surface area contributed by atoms with Crippen LogP contribution in [0.3, 0.4) is 0 Å². The number of amides is 1. The molecule has 2 aromatic rings. The normalized spacial score (nSPS) is 21.4. The van der Waals surface area contributed by atoms with E-state index in [2.05, 4.69) is 34.5 Å². The largest absolute Gasteiger partial charge is 0.338 e. The fourth-order valence-electron chi connectivity index (χ4n) is 3.40. The molecule has 0 bridgehead atoms. The van der Waals surface area contributed by atoms with Gasteiger partial charge in [-0.3, -0.25) is 9.89 Å². The molecule has 0 unspecified atom stereocenters. The van der Waals surface area contributed by atoms with E-state index in [4.69, 9.17) is 0 Å². The zero-order chi connectivity index (χ0) is 14.7. The van der Waals surface area contributed by atoms with Crippen LogP contribution >= 0.6 is 0 Å². The number of aromatic amines is 1. The maximum Gasteiger partial charge on any atom is 0.257 e. The van der Waals surface area contributed by atoms with Crippen LogP contribution in [0, 0.1) is 5.92 Å². The highest BCUT2D eigenvalue weighted by molar-refractivity contribution is 5.93. The van der Waals surface area contributed by atoms with E-state index >= 15 is 0 Å². The third kappa shape index (κ3) is 2.99. The summed E-state index contributed by atoms with van der Waals surface area (Å²) in [5.74, 6) is 0.613. The average Bonchev–Trinajstić information content (AvgIpc) is 3.18. The van der Waals surface area contributed by atoms with E-state index in [9.17, 15) is 4.79 Å². The van der Waals surface area contributed by atoms with Crippen LogP contribution in [0.25, 0.3) is 0 Å². The maximum absolute atomic E-state index is 12.5. The van der Waals surface area contributed by atoms with Crippen LogP contribution in [-0.2, 0) is 6.42 Å². The van der Waals surface area contributed by atoms with Gasteiger partial charge >= 0.3 is 0 Å². The number of rotatable bonds is 4. The first kappa shape index (κ1) is 13.9. The molecule has 1 saturated carbocycles. The number of carbonyl (C=O) groups excluding carboxylic acids is 1. The van der Waals surface area contributed by atoms with Crippen LogP contribution < -0.4 is 0 Å². The molecule has 0 saturated heterocycles. The SMILES string of the molecule is CN(C(=O)c1cn[nH]c1)[C@H]1CCC[C@H]1Cc1ccccc1. The molecular formula is C17H21N3O. The van der Waals surface area contributed by atoms with Crippen molar-refractivity contribution in [2.24, 2.45) is 5.92 Å². The summed E-state index contributed by atoms with van der Waals surface area (Å²) in [5, 5.41) is 6.58. The molecule has 2 atom stereocenters. The lowest BCUT2D eigenvalue weighted by atomic mass is 9.93. The van der Waals surface area contributed by atoms with Crippen molar-refractivity contribution in [2.75, 3.05) is 7.05 Å². The van der Waals surface area contributed by atoms with E-state index in [0.29, 0.717) is 17.5 Å². The molecule has 1 N–H and O–H groups in total. The highest BCUT2D eigenvalue weighted by Gasteiger charge is 2.33. The molecule has 0 aliphatic heterocycles. The summed E-state index contributed by atoms with van der Waals surface area (Å²) in [6.45, 7) is 0. The van der Waals surface area contributed by atoms with Gasteiger partial charge in [0.1, 0.15) is 0 Å². The fourth-order valence-corrected chi connectivity index (χ4v) is 3.40. The molecule has 110 valence electrons. The van der Waals surface area contributed by atoms with Gasteiger partial charge in [0.2, 0.25) is 0 Å². The van der Waals surface area contributed by atoms with Gasteiger partial charge < -0.3 is 4.90 Å². The lowest BCUT2D eigenvalue weighted by Gasteiger charge is -2.29. The minimum Gasteiger partial charge on any atom is -0.338 e. The van der Waals surface area contributed by atoms with E-state index in [1.807, 2.05) is 18.0 Å². The summed E-state index contributed by atoms with van der Waals surface area (Å²) in [7, 11) is 1.92. The minimum absolute atomic E-state index is 0.0636. The van der Waals surface area contributed by atoms with Gasteiger partial charge in [-0.05, 0) is 30.7 Å². The molecule has 3 rings (SSSR count). The predicted molar refractivity (Wildman–Crippen MR) is 82.0 cm³/mol. The van der Waals surface area contributed by atoms with E-state index < -0.39 is 0 Å². The molecule has 4 heteroatoms. The lowest BCUT2D eigenvalue weighted by Crippen LogP contribution is -2.39. The van der Waals surface area contributed by atoms with Crippen molar-refractivity contribution < 1.29 is 4.79 Å². The molecule has 1 aromatic carbocycles. The maximum atomic E-state index is 12.5. The third-order valence-electron chi connectivity index (χ3n) is 4.52. The van der Waals surface area contributed by atoms with Crippen molar-refractivity contribution in [1.29, 1.82) is 0 Å². The molecule has 21 heavy (non-hydrogen) atoms. The van der Waals surface area contributed by atoms with Gasteiger partial charge in [0, 0.05) is 19.3 Å².